The zero-order valence-corrected chi connectivity index (χ0v) is 17.2. The van der Waals surface area contributed by atoms with Crippen LogP contribution in [0.4, 0.5) is 5.00 Å². The van der Waals surface area contributed by atoms with Gasteiger partial charge >= 0.3 is 5.97 Å². The first kappa shape index (κ1) is 20.6. The lowest BCUT2D eigenvalue weighted by molar-refractivity contribution is -0.113. The number of ether oxygens (including phenoxy) is 1. The fraction of sp³-hybridized carbons (Fsp3) is 0.167. The first-order chi connectivity index (χ1) is 13.9. The molecule has 9 nitrogen and oxygen atoms in total. The molecule has 3 rings (SSSR count). The summed E-state index contributed by atoms with van der Waals surface area (Å²) in [4.78, 5) is 36.3. The molecule has 0 unspecified atom stereocenters. The summed E-state index contributed by atoms with van der Waals surface area (Å²) < 4.78 is 6.52. The molecule has 0 fully saturated rings. The van der Waals surface area contributed by atoms with E-state index in [2.05, 4.69) is 15.5 Å². The van der Waals surface area contributed by atoms with Crippen molar-refractivity contribution in [2.45, 2.75) is 12.1 Å². The summed E-state index contributed by atoms with van der Waals surface area (Å²) in [6, 6.07) is 9.47. The van der Waals surface area contributed by atoms with E-state index in [0.717, 1.165) is 17.0 Å². The van der Waals surface area contributed by atoms with Gasteiger partial charge in [0.05, 0.1) is 23.3 Å². The number of methoxy groups -OCH3 is 1. The first-order valence-electron chi connectivity index (χ1n) is 8.32. The highest BCUT2D eigenvalue weighted by molar-refractivity contribution is 7.99. The first-order valence-corrected chi connectivity index (χ1v) is 10.1. The van der Waals surface area contributed by atoms with Crippen molar-refractivity contribution in [1.82, 2.24) is 14.8 Å². The van der Waals surface area contributed by atoms with E-state index in [1.54, 1.807) is 17.8 Å². The third-order valence-electron chi connectivity index (χ3n) is 3.90. The van der Waals surface area contributed by atoms with Crippen LogP contribution in [0.25, 0.3) is 5.69 Å². The van der Waals surface area contributed by atoms with Crippen LogP contribution in [0.3, 0.4) is 0 Å². The summed E-state index contributed by atoms with van der Waals surface area (Å²) in [6.07, 6.45) is 1.56. The number of carbonyl (C=O) groups is 3. The summed E-state index contributed by atoms with van der Waals surface area (Å²) in [5, 5.41) is 11.3. The highest BCUT2D eigenvalue weighted by atomic mass is 32.2. The van der Waals surface area contributed by atoms with E-state index in [-0.39, 0.29) is 27.1 Å². The molecule has 2 heterocycles. The van der Waals surface area contributed by atoms with Gasteiger partial charge in [-0.3, -0.25) is 14.2 Å². The molecular weight excluding hydrogens is 414 g/mol. The number of rotatable bonds is 7. The van der Waals surface area contributed by atoms with E-state index in [1.807, 2.05) is 30.3 Å². The zero-order valence-electron chi connectivity index (χ0n) is 15.5. The van der Waals surface area contributed by atoms with Gasteiger partial charge in [-0.05, 0) is 24.6 Å². The van der Waals surface area contributed by atoms with Crippen LogP contribution in [0.15, 0.2) is 41.8 Å². The van der Waals surface area contributed by atoms with Gasteiger partial charge in [0.25, 0.3) is 5.91 Å². The number of aromatic nitrogens is 3. The number of hydrogen-bond donors (Lipinski definition) is 2. The Morgan fingerprint density at radius 3 is 2.66 bits per heavy atom. The van der Waals surface area contributed by atoms with Gasteiger partial charge in [0.1, 0.15) is 11.3 Å². The van der Waals surface area contributed by atoms with Crippen LogP contribution >= 0.6 is 23.1 Å². The molecule has 150 valence electrons. The molecule has 1 aromatic carbocycles. The van der Waals surface area contributed by atoms with Crippen molar-refractivity contribution in [3.8, 4) is 5.69 Å². The van der Waals surface area contributed by atoms with Crippen molar-refractivity contribution in [2.24, 2.45) is 5.73 Å². The van der Waals surface area contributed by atoms with Crippen LogP contribution in [0, 0.1) is 6.92 Å². The highest BCUT2D eigenvalue weighted by Gasteiger charge is 2.25. The summed E-state index contributed by atoms with van der Waals surface area (Å²) in [5.74, 6) is -1.68. The van der Waals surface area contributed by atoms with E-state index >= 15 is 0 Å². The Bertz CT molecular complexity index is 1060. The van der Waals surface area contributed by atoms with Crippen molar-refractivity contribution in [3.63, 3.8) is 0 Å². The molecule has 0 spiro atoms. The molecule has 0 radical (unpaired) electrons. The van der Waals surface area contributed by atoms with Gasteiger partial charge in [0.2, 0.25) is 5.91 Å². The maximum absolute atomic E-state index is 12.5. The fourth-order valence-electron chi connectivity index (χ4n) is 2.57. The Morgan fingerprint density at radius 1 is 1.28 bits per heavy atom. The number of nitrogens with zero attached hydrogens (tertiary/aromatic N) is 3. The number of nitrogens with one attached hydrogen (secondary N) is 1. The van der Waals surface area contributed by atoms with E-state index in [0.29, 0.717) is 10.7 Å². The zero-order chi connectivity index (χ0) is 21.0. The van der Waals surface area contributed by atoms with Crippen LogP contribution < -0.4 is 11.1 Å². The number of thiophene rings is 1. The van der Waals surface area contributed by atoms with Gasteiger partial charge in [-0.1, -0.05) is 30.0 Å². The number of para-hydroxylation sites is 1. The monoisotopic (exact) mass is 431 g/mol. The van der Waals surface area contributed by atoms with Crippen molar-refractivity contribution in [2.75, 3.05) is 18.2 Å². The lowest BCUT2D eigenvalue weighted by Crippen LogP contribution is -2.16. The molecule has 0 atom stereocenters. The Kier molecular flexibility index (Phi) is 6.29. The molecule has 0 saturated heterocycles. The van der Waals surface area contributed by atoms with Crippen molar-refractivity contribution < 1.29 is 19.1 Å². The van der Waals surface area contributed by atoms with Gasteiger partial charge < -0.3 is 15.8 Å². The average Bonchev–Trinajstić information content (AvgIpc) is 3.31. The van der Waals surface area contributed by atoms with Crippen molar-refractivity contribution >= 4 is 45.9 Å². The molecule has 3 N–H and O–H groups in total. The number of benzene rings is 1. The van der Waals surface area contributed by atoms with E-state index in [9.17, 15) is 14.4 Å². The van der Waals surface area contributed by atoms with Crippen LogP contribution in [-0.2, 0) is 9.53 Å². The number of primary amides is 1. The van der Waals surface area contributed by atoms with E-state index in [4.69, 9.17) is 10.5 Å². The quantitative estimate of drug-likeness (QED) is 0.433. The maximum Gasteiger partial charge on any atom is 0.341 e. The molecule has 11 heteroatoms. The van der Waals surface area contributed by atoms with Crippen LogP contribution in [0.5, 0.6) is 0 Å². The fourth-order valence-corrected chi connectivity index (χ4v) is 4.36. The highest BCUT2D eigenvalue weighted by Crippen LogP contribution is 2.33. The third kappa shape index (κ3) is 4.46. The van der Waals surface area contributed by atoms with Gasteiger partial charge in [-0.2, -0.15) is 0 Å². The van der Waals surface area contributed by atoms with Crippen molar-refractivity contribution in [3.05, 3.63) is 52.7 Å². The molecule has 29 heavy (non-hydrogen) atoms. The lowest BCUT2D eigenvalue weighted by atomic mass is 10.1. The molecule has 0 saturated carbocycles. The number of thioether (sulfide) groups is 1. The Morgan fingerprint density at radius 2 is 2.00 bits per heavy atom. The average molecular weight is 431 g/mol. The standard InChI is InChI=1S/C18H17N5O4S2/c1-10-13(17(26)27-2)16(29-14(10)15(19)25)21-12(24)8-28-18-22-20-9-23(18)11-6-4-3-5-7-11/h3-7,9H,8H2,1-2H3,(H2,19,25)(H,21,24). The molecule has 2 aromatic heterocycles. The summed E-state index contributed by atoms with van der Waals surface area (Å²) in [6.45, 7) is 1.58. The maximum atomic E-state index is 12.5. The Labute approximate surface area is 174 Å². The van der Waals surface area contributed by atoms with Gasteiger partial charge in [0.15, 0.2) is 5.16 Å². The summed E-state index contributed by atoms with van der Waals surface area (Å²) in [5.41, 5.74) is 6.72. The number of carbonyl (C=O) groups excluding carboxylic acids is 3. The molecule has 0 bridgehead atoms. The largest absolute Gasteiger partial charge is 0.465 e. The molecular formula is C18H17N5O4S2. The second-order valence-corrected chi connectivity index (χ2v) is 7.74. The van der Waals surface area contributed by atoms with Crippen LogP contribution in [0.1, 0.15) is 25.6 Å². The van der Waals surface area contributed by atoms with E-state index < -0.39 is 11.9 Å². The summed E-state index contributed by atoms with van der Waals surface area (Å²) in [7, 11) is 1.22. The van der Waals surface area contributed by atoms with Crippen LogP contribution in [0.2, 0.25) is 0 Å². The van der Waals surface area contributed by atoms with Gasteiger partial charge in [0, 0.05) is 5.69 Å². The molecule has 3 aromatic rings. The number of amides is 2. The summed E-state index contributed by atoms with van der Waals surface area (Å²) >= 11 is 2.13. The Hall–Kier alpha value is -3.18. The minimum absolute atomic E-state index is 0.0228. The molecule has 0 aliphatic heterocycles. The predicted molar refractivity (Wildman–Crippen MR) is 110 cm³/mol. The van der Waals surface area contributed by atoms with Gasteiger partial charge in [-0.25, -0.2) is 4.79 Å². The molecule has 0 aliphatic rings. The number of anilines is 1. The van der Waals surface area contributed by atoms with Gasteiger partial charge in [-0.15, -0.1) is 21.5 Å². The second kappa shape index (κ2) is 8.88. The molecule has 0 aliphatic carbocycles. The van der Waals surface area contributed by atoms with Crippen molar-refractivity contribution in [1.29, 1.82) is 0 Å². The Balaban J connectivity index is 1.74. The number of hydrogen-bond acceptors (Lipinski definition) is 8. The number of esters is 1. The topological polar surface area (TPSA) is 129 Å². The normalized spacial score (nSPS) is 10.6. The second-order valence-electron chi connectivity index (χ2n) is 5.77. The van der Waals surface area contributed by atoms with Crippen LogP contribution in [-0.4, -0.2) is 45.4 Å². The predicted octanol–water partition coefficient (Wildman–Crippen LogP) is 2.25. The SMILES string of the molecule is COC(=O)c1c(NC(=O)CSc2nncn2-c2ccccc2)sc(C(N)=O)c1C. The third-order valence-corrected chi connectivity index (χ3v) is 6.06. The molecule has 2 amide bonds. The number of nitrogens with two attached hydrogens (primary N) is 1. The lowest BCUT2D eigenvalue weighted by Gasteiger charge is -2.07. The smallest absolute Gasteiger partial charge is 0.341 e. The minimum atomic E-state index is -0.677. The van der Waals surface area contributed by atoms with E-state index in [1.165, 1.54) is 18.9 Å². The minimum Gasteiger partial charge on any atom is -0.465 e.